The molecule has 0 bridgehead atoms. The molecule has 0 aliphatic heterocycles. The number of fused-ring (bicyclic) bond motifs is 3. The molecule has 4 aromatic rings. The third-order valence-corrected chi connectivity index (χ3v) is 6.50. The van der Waals surface area contributed by atoms with E-state index in [1.165, 1.54) is 41.5 Å². The molecule has 8 nitrogen and oxygen atoms in total. The highest BCUT2D eigenvalue weighted by molar-refractivity contribution is 7.18. The molecule has 5 rings (SSSR count). The zero-order chi connectivity index (χ0) is 22.1. The van der Waals surface area contributed by atoms with Crippen LogP contribution in [-0.4, -0.2) is 29.0 Å². The minimum atomic E-state index is -0.625. The second-order valence-electron chi connectivity index (χ2n) is 7.31. The van der Waals surface area contributed by atoms with Gasteiger partial charge in [-0.2, -0.15) is 9.78 Å². The number of aryl methyl sites for hydroxylation is 2. The number of carbonyl (C=O) groups excluding carboxylic acids is 1. The summed E-state index contributed by atoms with van der Waals surface area (Å²) in [6.45, 7) is 0. The van der Waals surface area contributed by atoms with Crippen LogP contribution in [0.1, 0.15) is 39.4 Å². The molecule has 0 saturated heterocycles. The predicted octanol–water partition coefficient (Wildman–Crippen LogP) is 4.04. The Kier molecular flexibility index (Phi) is 5.32. The van der Waals surface area contributed by atoms with E-state index in [-0.39, 0.29) is 17.1 Å². The Bertz CT molecular complexity index is 1380. The quantitative estimate of drug-likeness (QED) is 0.259. The number of ether oxygens (including phenoxy) is 2. The number of hydrogen-bond donors (Lipinski definition) is 0. The molecule has 0 amide bonds. The zero-order valence-electron chi connectivity index (χ0n) is 17.2. The van der Waals surface area contributed by atoms with Crippen molar-refractivity contribution < 1.29 is 18.7 Å². The summed E-state index contributed by atoms with van der Waals surface area (Å²) in [5.74, 6) is 0.0632. The van der Waals surface area contributed by atoms with Crippen molar-refractivity contribution in [2.45, 2.75) is 25.7 Å². The summed E-state index contributed by atoms with van der Waals surface area (Å²) in [5, 5.41) is 4.99. The maximum atomic E-state index is 13.0. The number of methoxy groups -OCH3 is 1. The van der Waals surface area contributed by atoms with Gasteiger partial charge < -0.3 is 13.9 Å². The van der Waals surface area contributed by atoms with Crippen molar-refractivity contribution >= 4 is 33.7 Å². The maximum absolute atomic E-state index is 13.0. The van der Waals surface area contributed by atoms with E-state index in [1.54, 1.807) is 35.6 Å². The summed E-state index contributed by atoms with van der Waals surface area (Å²) < 4.78 is 17.0. The first-order valence-electron chi connectivity index (χ1n) is 10.1. The molecular formula is C23H19N3O5S. The second kappa shape index (κ2) is 8.43. The Balaban J connectivity index is 1.42. The smallest absolute Gasteiger partial charge is 0.379 e. The van der Waals surface area contributed by atoms with Gasteiger partial charge in [0, 0.05) is 4.88 Å². The maximum Gasteiger partial charge on any atom is 0.379 e. The van der Waals surface area contributed by atoms with Crippen molar-refractivity contribution in [3.8, 4) is 11.5 Å². The molecule has 162 valence electrons. The fraction of sp³-hybridized carbons (Fsp3) is 0.217. The van der Waals surface area contributed by atoms with E-state index < -0.39 is 5.97 Å². The van der Waals surface area contributed by atoms with Crippen LogP contribution in [0.25, 0.3) is 10.2 Å². The molecule has 3 aromatic heterocycles. The molecule has 0 N–H and O–H groups in total. The average Bonchev–Trinajstić information content (AvgIpc) is 3.47. The van der Waals surface area contributed by atoms with Crippen LogP contribution in [0.2, 0.25) is 0 Å². The van der Waals surface area contributed by atoms with Crippen LogP contribution >= 0.6 is 11.3 Å². The molecular weight excluding hydrogens is 430 g/mol. The van der Waals surface area contributed by atoms with Gasteiger partial charge in [0.1, 0.15) is 11.2 Å². The molecule has 0 radical (unpaired) electrons. The number of nitrogens with zero attached hydrogens (tertiary/aromatic N) is 3. The van der Waals surface area contributed by atoms with Crippen molar-refractivity contribution in [1.29, 1.82) is 0 Å². The van der Waals surface area contributed by atoms with Gasteiger partial charge in [-0.1, -0.05) is 0 Å². The number of carbonyl (C=O) groups is 1. The van der Waals surface area contributed by atoms with E-state index in [2.05, 4.69) is 10.1 Å². The van der Waals surface area contributed by atoms with Crippen LogP contribution in [0.4, 0.5) is 0 Å². The normalized spacial score (nSPS) is 13.4. The Hall–Kier alpha value is -3.72. The van der Waals surface area contributed by atoms with Gasteiger partial charge in [0.15, 0.2) is 11.5 Å². The first-order valence-corrected chi connectivity index (χ1v) is 11.0. The molecule has 9 heteroatoms. The minimum absolute atomic E-state index is 0.0931. The fourth-order valence-corrected chi connectivity index (χ4v) is 4.96. The molecule has 0 fully saturated rings. The number of thiophene rings is 1. The van der Waals surface area contributed by atoms with Gasteiger partial charge in [0.2, 0.25) is 5.76 Å². The Morgan fingerprint density at radius 1 is 1.25 bits per heavy atom. The van der Waals surface area contributed by atoms with Crippen LogP contribution in [0.15, 0.2) is 57.2 Å². The van der Waals surface area contributed by atoms with Gasteiger partial charge in [-0.3, -0.25) is 4.79 Å². The van der Waals surface area contributed by atoms with E-state index in [1.807, 2.05) is 0 Å². The van der Waals surface area contributed by atoms with E-state index in [9.17, 15) is 9.59 Å². The molecule has 32 heavy (non-hydrogen) atoms. The zero-order valence-corrected chi connectivity index (χ0v) is 18.1. The summed E-state index contributed by atoms with van der Waals surface area (Å²) in [6.07, 6.45) is 8.54. The molecule has 1 aliphatic carbocycles. The number of benzene rings is 1. The third kappa shape index (κ3) is 3.71. The Morgan fingerprint density at radius 2 is 2.12 bits per heavy atom. The highest BCUT2D eigenvalue weighted by Gasteiger charge is 2.20. The summed E-state index contributed by atoms with van der Waals surface area (Å²) in [4.78, 5) is 31.6. The SMILES string of the molecule is COc1cc(C=Nn2cnc3sc4c(c3c2=O)CCCC4)ccc1OC(=O)c1ccco1. The minimum Gasteiger partial charge on any atom is -0.493 e. The van der Waals surface area contributed by atoms with E-state index in [0.29, 0.717) is 16.7 Å². The van der Waals surface area contributed by atoms with E-state index >= 15 is 0 Å². The molecule has 0 atom stereocenters. The molecule has 1 aromatic carbocycles. The van der Waals surface area contributed by atoms with Crippen molar-refractivity contribution in [2.24, 2.45) is 5.10 Å². The Morgan fingerprint density at radius 3 is 2.94 bits per heavy atom. The molecule has 0 spiro atoms. The summed E-state index contributed by atoms with van der Waals surface area (Å²) >= 11 is 1.61. The van der Waals surface area contributed by atoms with Gasteiger partial charge >= 0.3 is 5.97 Å². The van der Waals surface area contributed by atoms with Crippen LogP contribution < -0.4 is 15.0 Å². The number of furan rings is 1. The number of rotatable bonds is 5. The van der Waals surface area contributed by atoms with Gasteiger partial charge in [-0.15, -0.1) is 11.3 Å². The van der Waals surface area contributed by atoms with Crippen LogP contribution in [-0.2, 0) is 12.8 Å². The monoisotopic (exact) mass is 449 g/mol. The van der Waals surface area contributed by atoms with Crippen molar-refractivity contribution in [3.05, 3.63) is 75.0 Å². The first-order chi connectivity index (χ1) is 15.6. The lowest BCUT2D eigenvalue weighted by atomic mass is 9.97. The number of aromatic nitrogens is 2. The lowest BCUT2D eigenvalue weighted by Crippen LogP contribution is -2.18. The van der Waals surface area contributed by atoms with Gasteiger partial charge in [-0.25, -0.2) is 9.78 Å². The molecule has 3 heterocycles. The lowest BCUT2D eigenvalue weighted by molar-refractivity contribution is 0.0696. The third-order valence-electron chi connectivity index (χ3n) is 5.30. The average molecular weight is 449 g/mol. The second-order valence-corrected chi connectivity index (χ2v) is 8.39. The fourth-order valence-electron chi connectivity index (χ4n) is 3.74. The highest BCUT2D eigenvalue weighted by atomic mass is 32.1. The summed E-state index contributed by atoms with van der Waals surface area (Å²) in [5.41, 5.74) is 1.63. The summed E-state index contributed by atoms with van der Waals surface area (Å²) in [7, 11) is 1.47. The van der Waals surface area contributed by atoms with Gasteiger partial charge in [0.25, 0.3) is 5.56 Å². The highest BCUT2D eigenvalue weighted by Crippen LogP contribution is 2.33. The van der Waals surface area contributed by atoms with Gasteiger partial charge in [-0.05, 0) is 67.1 Å². The largest absolute Gasteiger partial charge is 0.493 e. The van der Waals surface area contributed by atoms with E-state index in [4.69, 9.17) is 13.9 Å². The van der Waals surface area contributed by atoms with Crippen molar-refractivity contribution in [3.63, 3.8) is 0 Å². The van der Waals surface area contributed by atoms with E-state index in [0.717, 1.165) is 36.1 Å². The van der Waals surface area contributed by atoms with Crippen LogP contribution in [0.3, 0.4) is 0 Å². The number of hydrogen-bond acceptors (Lipinski definition) is 8. The summed E-state index contributed by atoms with van der Waals surface area (Å²) in [6, 6.07) is 8.09. The van der Waals surface area contributed by atoms with Crippen molar-refractivity contribution in [2.75, 3.05) is 7.11 Å². The van der Waals surface area contributed by atoms with Gasteiger partial charge in [0.05, 0.1) is 25.0 Å². The molecule has 0 unspecified atom stereocenters. The lowest BCUT2D eigenvalue weighted by Gasteiger charge is -2.10. The van der Waals surface area contributed by atoms with Crippen LogP contribution in [0.5, 0.6) is 11.5 Å². The number of esters is 1. The van der Waals surface area contributed by atoms with Crippen LogP contribution in [0, 0.1) is 0 Å². The predicted molar refractivity (Wildman–Crippen MR) is 120 cm³/mol. The molecule has 0 saturated carbocycles. The standard InChI is InChI=1S/C23H19N3O5S/c1-29-18-11-14(8-9-16(18)31-23(28)17-6-4-10-30-17)12-25-26-13-24-21-20(22(26)27)15-5-2-3-7-19(15)32-21/h4,6,8-13H,2-3,5,7H2,1H3. The Labute approximate surface area is 186 Å². The first kappa shape index (κ1) is 20.2. The van der Waals surface area contributed by atoms with Crippen molar-refractivity contribution in [1.82, 2.24) is 9.66 Å². The topological polar surface area (TPSA) is 95.9 Å². The molecule has 1 aliphatic rings.